The average molecular weight is 319 g/mol. The summed E-state index contributed by atoms with van der Waals surface area (Å²) < 4.78 is 1.07. The molecule has 2 rings (SSSR count). The molecule has 0 atom stereocenters. The molecule has 0 unspecified atom stereocenters. The maximum atomic E-state index is 5.76. The van der Waals surface area contributed by atoms with Gasteiger partial charge in [0, 0.05) is 23.2 Å². The lowest BCUT2D eigenvalue weighted by molar-refractivity contribution is 0.318. The fourth-order valence-electron chi connectivity index (χ4n) is 2.12. The molecule has 0 aliphatic heterocycles. The number of nitrogen functional groups attached to an aromatic ring is 1. The van der Waals surface area contributed by atoms with Crippen LogP contribution in [-0.2, 0) is 13.1 Å². The van der Waals surface area contributed by atoms with Crippen molar-refractivity contribution >= 4 is 21.6 Å². The Morgan fingerprint density at radius 1 is 1.05 bits per heavy atom. The number of benzene rings is 2. The van der Waals surface area contributed by atoms with Crippen molar-refractivity contribution in [1.29, 1.82) is 0 Å². The van der Waals surface area contributed by atoms with Crippen molar-refractivity contribution in [2.24, 2.45) is 0 Å². The Hall–Kier alpha value is -1.32. The number of rotatable bonds is 4. The van der Waals surface area contributed by atoms with Gasteiger partial charge >= 0.3 is 0 Å². The van der Waals surface area contributed by atoms with Crippen LogP contribution in [0.25, 0.3) is 0 Å². The summed E-state index contributed by atoms with van der Waals surface area (Å²) in [4.78, 5) is 2.30. The minimum absolute atomic E-state index is 0.789. The molecular weight excluding hydrogens is 300 g/mol. The maximum Gasteiger partial charge on any atom is 0.0325 e. The van der Waals surface area contributed by atoms with Gasteiger partial charge < -0.3 is 5.73 Å². The van der Waals surface area contributed by atoms with Gasteiger partial charge in [0.1, 0.15) is 0 Å². The van der Waals surface area contributed by atoms with E-state index < -0.39 is 0 Å². The van der Waals surface area contributed by atoms with Gasteiger partial charge in [-0.3, -0.25) is 4.90 Å². The van der Waals surface area contributed by atoms with Gasteiger partial charge in [0.25, 0.3) is 0 Å². The zero-order valence-electron chi connectivity index (χ0n) is 11.4. The standard InChI is InChI=1S/C16H19BrN2/c1-12-5-3-4-6-13(12)10-19(2)11-14-7-8-15(18)9-16(14)17/h3-9H,10-11,18H2,1-2H3. The summed E-state index contributed by atoms with van der Waals surface area (Å²) in [7, 11) is 2.13. The Morgan fingerprint density at radius 3 is 2.42 bits per heavy atom. The third-order valence-electron chi connectivity index (χ3n) is 3.22. The minimum Gasteiger partial charge on any atom is -0.399 e. The molecule has 0 radical (unpaired) electrons. The molecule has 0 aliphatic carbocycles. The van der Waals surface area contributed by atoms with Gasteiger partial charge in [-0.25, -0.2) is 0 Å². The van der Waals surface area contributed by atoms with E-state index in [0.717, 1.165) is 23.2 Å². The van der Waals surface area contributed by atoms with Gasteiger partial charge in [0.2, 0.25) is 0 Å². The van der Waals surface area contributed by atoms with E-state index in [1.54, 1.807) is 0 Å². The molecule has 0 saturated carbocycles. The van der Waals surface area contributed by atoms with E-state index in [1.165, 1.54) is 16.7 Å². The van der Waals surface area contributed by atoms with Crippen LogP contribution in [0.3, 0.4) is 0 Å². The SMILES string of the molecule is Cc1ccccc1CN(C)Cc1ccc(N)cc1Br. The molecule has 100 valence electrons. The number of anilines is 1. The first-order valence-electron chi connectivity index (χ1n) is 6.33. The van der Waals surface area contributed by atoms with Crippen LogP contribution >= 0.6 is 15.9 Å². The normalized spacial score (nSPS) is 10.9. The molecule has 2 aromatic carbocycles. The zero-order chi connectivity index (χ0) is 13.8. The molecule has 19 heavy (non-hydrogen) atoms. The van der Waals surface area contributed by atoms with Crippen molar-refractivity contribution in [2.45, 2.75) is 20.0 Å². The van der Waals surface area contributed by atoms with Crippen molar-refractivity contribution in [3.05, 3.63) is 63.6 Å². The highest BCUT2D eigenvalue weighted by Gasteiger charge is 2.06. The fourth-order valence-corrected chi connectivity index (χ4v) is 2.64. The molecule has 2 nitrogen and oxygen atoms in total. The number of nitrogens with zero attached hydrogens (tertiary/aromatic N) is 1. The lowest BCUT2D eigenvalue weighted by Crippen LogP contribution is -2.18. The lowest BCUT2D eigenvalue weighted by Gasteiger charge is -2.19. The van der Waals surface area contributed by atoms with Crippen LogP contribution in [0.15, 0.2) is 46.9 Å². The van der Waals surface area contributed by atoms with E-state index in [2.05, 4.69) is 65.1 Å². The predicted molar refractivity (Wildman–Crippen MR) is 84.9 cm³/mol. The van der Waals surface area contributed by atoms with Gasteiger partial charge in [0.15, 0.2) is 0 Å². The van der Waals surface area contributed by atoms with E-state index in [4.69, 9.17) is 5.73 Å². The van der Waals surface area contributed by atoms with E-state index in [-0.39, 0.29) is 0 Å². The maximum absolute atomic E-state index is 5.76. The highest BCUT2D eigenvalue weighted by molar-refractivity contribution is 9.10. The third kappa shape index (κ3) is 3.82. The Morgan fingerprint density at radius 2 is 1.74 bits per heavy atom. The van der Waals surface area contributed by atoms with Crippen LogP contribution in [0.5, 0.6) is 0 Å². The second kappa shape index (κ2) is 6.22. The Balaban J connectivity index is 2.05. The molecule has 2 N–H and O–H groups in total. The van der Waals surface area contributed by atoms with Crippen molar-refractivity contribution in [3.63, 3.8) is 0 Å². The van der Waals surface area contributed by atoms with Crippen LogP contribution in [-0.4, -0.2) is 11.9 Å². The number of hydrogen-bond donors (Lipinski definition) is 1. The molecule has 3 heteroatoms. The molecular formula is C16H19BrN2. The largest absolute Gasteiger partial charge is 0.399 e. The first-order valence-corrected chi connectivity index (χ1v) is 7.12. The Labute approximate surface area is 123 Å². The van der Waals surface area contributed by atoms with Gasteiger partial charge in [-0.05, 0) is 42.8 Å². The summed E-state index contributed by atoms with van der Waals surface area (Å²) >= 11 is 3.57. The van der Waals surface area contributed by atoms with Crippen LogP contribution in [0.1, 0.15) is 16.7 Å². The van der Waals surface area contributed by atoms with Crippen molar-refractivity contribution < 1.29 is 0 Å². The molecule has 0 aromatic heterocycles. The van der Waals surface area contributed by atoms with Crippen LogP contribution in [0.2, 0.25) is 0 Å². The van der Waals surface area contributed by atoms with E-state index in [9.17, 15) is 0 Å². The second-order valence-electron chi connectivity index (χ2n) is 4.95. The first-order chi connectivity index (χ1) is 9.06. The average Bonchev–Trinajstić information content (AvgIpc) is 2.36. The fraction of sp³-hybridized carbons (Fsp3) is 0.250. The van der Waals surface area contributed by atoms with E-state index >= 15 is 0 Å². The van der Waals surface area contributed by atoms with Crippen molar-refractivity contribution in [3.8, 4) is 0 Å². The molecule has 0 amide bonds. The van der Waals surface area contributed by atoms with E-state index in [1.807, 2.05) is 12.1 Å². The van der Waals surface area contributed by atoms with Crippen LogP contribution in [0.4, 0.5) is 5.69 Å². The lowest BCUT2D eigenvalue weighted by atomic mass is 10.1. The predicted octanol–water partition coefficient (Wildman–Crippen LogP) is 3.97. The summed E-state index contributed by atoms with van der Waals surface area (Å²) in [5, 5.41) is 0. The second-order valence-corrected chi connectivity index (χ2v) is 5.80. The number of nitrogens with two attached hydrogens (primary N) is 1. The smallest absolute Gasteiger partial charge is 0.0325 e. The molecule has 2 aromatic rings. The summed E-state index contributed by atoms with van der Waals surface area (Å²) in [6.07, 6.45) is 0. The first kappa shape index (κ1) is 14.1. The zero-order valence-corrected chi connectivity index (χ0v) is 12.9. The van der Waals surface area contributed by atoms with Gasteiger partial charge in [-0.1, -0.05) is 46.3 Å². The van der Waals surface area contributed by atoms with Gasteiger partial charge in [0.05, 0.1) is 0 Å². The summed E-state index contributed by atoms with van der Waals surface area (Å²) in [6, 6.07) is 14.5. The molecule has 0 heterocycles. The Kier molecular flexibility index (Phi) is 4.61. The topological polar surface area (TPSA) is 29.3 Å². The number of aryl methyl sites for hydroxylation is 1. The highest BCUT2D eigenvalue weighted by Crippen LogP contribution is 2.21. The number of halogens is 1. The van der Waals surface area contributed by atoms with Gasteiger partial charge in [-0.2, -0.15) is 0 Å². The van der Waals surface area contributed by atoms with Crippen molar-refractivity contribution in [1.82, 2.24) is 4.90 Å². The summed E-state index contributed by atoms with van der Waals surface area (Å²) in [5.74, 6) is 0. The quantitative estimate of drug-likeness (QED) is 0.864. The number of hydrogen-bond acceptors (Lipinski definition) is 2. The molecule has 0 bridgehead atoms. The molecule has 0 spiro atoms. The monoisotopic (exact) mass is 318 g/mol. The summed E-state index contributed by atoms with van der Waals surface area (Å²) in [6.45, 7) is 4.00. The highest BCUT2D eigenvalue weighted by atomic mass is 79.9. The minimum atomic E-state index is 0.789. The molecule has 0 saturated heterocycles. The van der Waals surface area contributed by atoms with Crippen LogP contribution < -0.4 is 5.73 Å². The molecule has 0 aliphatic rings. The third-order valence-corrected chi connectivity index (χ3v) is 3.96. The van der Waals surface area contributed by atoms with Crippen LogP contribution in [0, 0.1) is 6.92 Å². The van der Waals surface area contributed by atoms with Crippen molar-refractivity contribution in [2.75, 3.05) is 12.8 Å². The van der Waals surface area contributed by atoms with E-state index in [0.29, 0.717) is 0 Å². The molecule has 0 fully saturated rings. The van der Waals surface area contributed by atoms with Gasteiger partial charge in [-0.15, -0.1) is 0 Å². The summed E-state index contributed by atoms with van der Waals surface area (Å²) in [5.41, 5.74) is 10.5. The Bertz CT molecular complexity index is 566.